The van der Waals surface area contributed by atoms with Crippen LogP contribution in [0.25, 0.3) is 0 Å². The van der Waals surface area contributed by atoms with Gasteiger partial charge in [0, 0.05) is 38.0 Å². The number of nitrogens with one attached hydrogen (secondary N) is 1. The van der Waals surface area contributed by atoms with Gasteiger partial charge >= 0.3 is 5.97 Å². The molecule has 2 aromatic rings. The van der Waals surface area contributed by atoms with Crippen LogP contribution in [-0.4, -0.2) is 89.5 Å². The highest BCUT2D eigenvalue weighted by Gasteiger charge is 2.53. The second-order valence-electron chi connectivity index (χ2n) is 10.2. The first kappa shape index (κ1) is 26.0. The molecule has 210 valence electrons. The number of benzene rings is 2. The number of phenols is 1. The molecule has 0 radical (unpaired) electrons. The largest absolute Gasteiger partial charge is 0.502 e. The fraction of sp³-hybridized carbons (Fsp3) is 0.500. The summed E-state index contributed by atoms with van der Waals surface area (Å²) in [5.41, 5.74) is 2.02. The Bertz CT molecular complexity index is 1380. The fourth-order valence-electron chi connectivity index (χ4n) is 6.07. The average Bonchev–Trinajstić information content (AvgIpc) is 3.54. The molecular weight excluding hydrogens is 530 g/mol. The van der Waals surface area contributed by atoms with Gasteiger partial charge < -0.3 is 33.7 Å². The van der Waals surface area contributed by atoms with Crippen LogP contribution in [0.15, 0.2) is 24.3 Å². The van der Waals surface area contributed by atoms with Crippen molar-refractivity contribution in [3.8, 4) is 28.7 Å². The van der Waals surface area contributed by atoms with Crippen LogP contribution in [-0.2, 0) is 19.7 Å². The molecule has 1 aliphatic carbocycles. The minimum atomic E-state index is -3.88. The molecule has 0 bridgehead atoms. The van der Waals surface area contributed by atoms with Gasteiger partial charge in [0.05, 0.1) is 32.8 Å². The molecule has 6 rings (SSSR count). The molecule has 3 aliphatic heterocycles. The number of ether oxygens (including phenoxy) is 5. The van der Waals surface area contributed by atoms with Gasteiger partial charge in [0.25, 0.3) is 10.2 Å². The van der Waals surface area contributed by atoms with Crippen LogP contribution in [0.3, 0.4) is 0 Å². The molecule has 2 fully saturated rings. The molecule has 3 heterocycles. The second kappa shape index (κ2) is 9.73. The maximum absolute atomic E-state index is 13.6. The van der Waals surface area contributed by atoms with Crippen molar-refractivity contribution in [2.75, 3.05) is 60.8 Å². The number of piperazine rings is 1. The van der Waals surface area contributed by atoms with Gasteiger partial charge in [-0.15, -0.1) is 0 Å². The van der Waals surface area contributed by atoms with Crippen molar-refractivity contribution in [2.24, 2.45) is 11.8 Å². The van der Waals surface area contributed by atoms with Gasteiger partial charge in [-0.05, 0) is 48.0 Å². The first-order chi connectivity index (χ1) is 18.7. The zero-order valence-corrected chi connectivity index (χ0v) is 22.7. The number of methoxy groups -OCH3 is 2. The maximum Gasteiger partial charge on any atom is 0.310 e. The van der Waals surface area contributed by atoms with E-state index in [4.69, 9.17) is 23.7 Å². The predicted molar refractivity (Wildman–Crippen MR) is 137 cm³/mol. The highest BCUT2D eigenvalue weighted by Crippen LogP contribution is 2.55. The summed E-state index contributed by atoms with van der Waals surface area (Å²) in [6.07, 6.45) is 0. The molecule has 0 unspecified atom stereocenters. The number of hydrogen-bond donors (Lipinski definition) is 2. The molecule has 2 N–H and O–H groups in total. The molecule has 4 aliphatic rings. The minimum Gasteiger partial charge on any atom is -0.502 e. The van der Waals surface area contributed by atoms with Crippen LogP contribution in [0.4, 0.5) is 0 Å². The summed E-state index contributed by atoms with van der Waals surface area (Å²) in [6.45, 7) is 2.08. The number of carbonyl (C=O) groups is 1. The van der Waals surface area contributed by atoms with Crippen LogP contribution in [0, 0.1) is 11.8 Å². The molecule has 0 aromatic heterocycles. The van der Waals surface area contributed by atoms with E-state index in [-0.39, 0.29) is 30.6 Å². The lowest BCUT2D eigenvalue weighted by atomic mass is 9.65. The van der Waals surface area contributed by atoms with Crippen molar-refractivity contribution < 1.29 is 42.0 Å². The molecule has 0 saturated carbocycles. The third-order valence-corrected chi connectivity index (χ3v) is 9.72. The summed E-state index contributed by atoms with van der Waals surface area (Å²) in [7, 11) is 0.935. The van der Waals surface area contributed by atoms with Crippen molar-refractivity contribution >= 4 is 16.2 Å². The van der Waals surface area contributed by atoms with Crippen molar-refractivity contribution in [1.82, 2.24) is 13.9 Å². The molecular formula is C26H31N3O9S. The SMILES string of the molecule is COc1cc([C@@H]2c3cc4c(cc3[C@@H](NS(=O)(=O)N3CCN(C)CC3)[C@H]3COC(=O)[C@H]23)OCO4)cc(OC)c1O. The number of phenolic OH excluding ortho intramolecular Hbond substituents is 1. The number of aromatic hydroxyl groups is 1. The number of hydrogen-bond acceptors (Lipinski definition) is 10. The topological polar surface area (TPSA) is 136 Å². The Balaban J connectivity index is 1.49. The third kappa shape index (κ3) is 4.33. The van der Waals surface area contributed by atoms with E-state index in [9.17, 15) is 18.3 Å². The molecule has 0 spiro atoms. The van der Waals surface area contributed by atoms with Crippen LogP contribution < -0.4 is 23.7 Å². The summed E-state index contributed by atoms with van der Waals surface area (Å²) in [6, 6.07) is 6.17. The van der Waals surface area contributed by atoms with E-state index >= 15 is 0 Å². The Morgan fingerprint density at radius 2 is 1.56 bits per heavy atom. The standard InChI is InChI=1S/C26H31N3O9S/c1-28-4-6-29(7-5-28)39(32,33)27-24-16-11-19-18(37-13-38-19)10-15(16)22(23-17(24)12-36-26(23)31)14-8-20(34-2)25(30)21(9-14)35-3/h8-11,17,22-24,27,30H,4-7,12-13H2,1-3H3/t17-,22+,23-,24+/m0/s1. The number of likely N-dealkylation sites (N-methyl/N-ethyl adjacent to an activating group) is 1. The summed E-state index contributed by atoms with van der Waals surface area (Å²) in [5, 5.41) is 10.5. The number of fused-ring (bicyclic) bond motifs is 3. The van der Waals surface area contributed by atoms with Gasteiger partial charge in [-0.2, -0.15) is 17.4 Å². The van der Waals surface area contributed by atoms with Gasteiger partial charge in [-0.3, -0.25) is 4.79 Å². The maximum atomic E-state index is 13.6. The highest BCUT2D eigenvalue weighted by molar-refractivity contribution is 7.87. The lowest BCUT2D eigenvalue weighted by Gasteiger charge is -2.40. The summed E-state index contributed by atoms with van der Waals surface area (Å²) in [5.74, 6) is -0.970. The van der Waals surface area contributed by atoms with Crippen molar-refractivity contribution in [3.05, 3.63) is 41.0 Å². The van der Waals surface area contributed by atoms with Crippen LogP contribution in [0.5, 0.6) is 28.7 Å². The van der Waals surface area contributed by atoms with E-state index in [1.807, 2.05) is 7.05 Å². The van der Waals surface area contributed by atoms with E-state index < -0.39 is 40.0 Å². The zero-order valence-electron chi connectivity index (χ0n) is 21.9. The van der Waals surface area contributed by atoms with E-state index in [1.54, 1.807) is 24.3 Å². The van der Waals surface area contributed by atoms with Gasteiger partial charge in [0.2, 0.25) is 12.5 Å². The van der Waals surface area contributed by atoms with Gasteiger partial charge in [-0.25, -0.2) is 0 Å². The first-order valence-electron chi connectivity index (χ1n) is 12.7. The lowest BCUT2D eigenvalue weighted by Crippen LogP contribution is -2.53. The van der Waals surface area contributed by atoms with E-state index in [1.165, 1.54) is 18.5 Å². The Hall–Kier alpha value is -3.26. The third-order valence-electron chi connectivity index (χ3n) is 8.13. The van der Waals surface area contributed by atoms with Crippen LogP contribution in [0.2, 0.25) is 0 Å². The van der Waals surface area contributed by atoms with Crippen LogP contribution >= 0.6 is 0 Å². The summed E-state index contributed by atoms with van der Waals surface area (Å²) in [4.78, 5) is 15.4. The lowest BCUT2D eigenvalue weighted by molar-refractivity contribution is -0.141. The van der Waals surface area contributed by atoms with Crippen molar-refractivity contribution in [2.45, 2.75) is 12.0 Å². The minimum absolute atomic E-state index is 0.0380. The monoisotopic (exact) mass is 561 g/mol. The predicted octanol–water partition coefficient (Wildman–Crippen LogP) is 1.20. The average molecular weight is 562 g/mol. The molecule has 13 heteroatoms. The molecule has 2 saturated heterocycles. The number of rotatable bonds is 6. The molecule has 2 aromatic carbocycles. The zero-order chi connectivity index (χ0) is 27.5. The van der Waals surface area contributed by atoms with E-state index in [0.717, 1.165) is 0 Å². The Morgan fingerprint density at radius 1 is 0.949 bits per heavy atom. The quantitative estimate of drug-likeness (QED) is 0.495. The van der Waals surface area contributed by atoms with Gasteiger partial charge in [-0.1, -0.05) is 0 Å². The molecule has 4 atom stereocenters. The molecule has 39 heavy (non-hydrogen) atoms. The number of carbonyl (C=O) groups excluding carboxylic acids is 1. The number of nitrogens with zero attached hydrogens (tertiary/aromatic N) is 2. The number of cyclic esters (lactones) is 1. The van der Waals surface area contributed by atoms with Gasteiger partial charge in [0.15, 0.2) is 23.0 Å². The normalized spacial score (nSPS) is 26.6. The Labute approximate surface area is 226 Å². The van der Waals surface area contributed by atoms with Crippen molar-refractivity contribution in [3.63, 3.8) is 0 Å². The highest BCUT2D eigenvalue weighted by atomic mass is 32.2. The van der Waals surface area contributed by atoms with Crippen molar-refractivity contribution in [1.29, 1.82) is 0 Å². The summed E-state index contributed by atoms with van der Waals surface area (Å²) < 4.78 is 59.2. The Kier molecular flexibility index (Phi) is 6.49. The van der Waals surface area contributed by atoms with E-state index in [2.05, 4.69) is 9.62 Å². The second-order valence-corrected chi connectivity index (χ2v) is 11.9. The van der Waals surface area contributed by atoms with Gasteiger partial charge in [0.1, 0.15) is 0 Å². The van der Waals surface area contributed by atoms with Crippen LogP contribution in [0.1, 0.15) is 28.7 Å². The molecule has 12 nitrogen and oxygen atoms in total. The smallest absolute Gasteiger partial charge is 0.310 e. The Morgan fingerprint density at radius 3 is 2.18 bits per heavy atom. The molecule has 0 amide bonds. The van der Waals surface area contributed by atoms with E-state index in [0.29, 0.717) is 54.4 Å². The first-order valence-corrected chi connectivity index (χ1v) is 14.2. The fourth-order valence-corrected chi connectivity index (χ4v) is 7.49. The summed E-state index contributed by atoms with van der Waals surface area (Å²) >= 11 is 0. The number of esters is 1.